The highest BCUT2D eigenvalue weighted by atomic mass is 28.3. The van der Waals surface area contributed by atoms with Gasteiger partial charge in [-0.05, 0) is 221 Å². The van der Waals surface area contributed by atoms with Crippen molar-refractivity contribution < 1.29 is 0 Å². The Labute approximate surface area is 415 Å². The summed E-state index contributed by atoms with van der Waals surface area (Å²) in [5.41, 5.74) is 33.2. The van der Waals surface area contributed by atoms with Crippen molar-refractivity contribution in [1.82, 2.24) is 0 Å². The second kappa shape index (κ2) is 18.0. The van der Waals surface area contributed by atoms with E-state index in [-0.39, 0.29) is 0 Å². The Morgan fingerprint density at radius 1 is 0.275 bits per heavy atom. The summed E-state index contributed by atoms with van der Waals surface area (Å²) in [7, 11) is -2.22. The van der Waals surface area contributed by atoms with E-state index < -0.39 is 8.07 Å². The minimum atomic E-state index is -2.22. The van der Waals surface area contributed by atoms with Crippen molar-refractivity contribution in [2.24, 2.45) is 0 Å². The van der Waals surface area contributed by atoms with Gasteiger partial charge in [0.25, 0.3) is 0 Å². The Balaban J connectivity index is 1.09. The van der Waals surface area contributed by atoms with Gasteiger partial charge >= 0.3 is 0 Å². The van der Waals surface area contributed by atoms with Crippen LogP contribution in [0.25, 0.3) is 34.4 Å². The van der Waals surface area contributed by atoms with Crippen LogP contribution in [0, 0.1) is 96.9 Å². The van der Waals surface area contributed by atoms with E-state index in [1.807, 2.05) is 0 Å². The third kappa shape index (κ3) is 8.61. The van der Waals surface area contributed by atoms with Crippen molar-refractivity contribution in [1.29, 1.82) is 0 Å². The van der Waals surface area contributed by atoms with Gasteiger partial charge in [-0.25, -0.2) is 0 Å². The normalized spacial score (nSPS) is 12.7. The molecule has 69 heavy (non-hydrogen) atoms. The van der Waals surface area contributed by atoms with E-state index >= 15 is 0 Å². The predicted octanol–water partition coefficient (Wildman–Crippen LogP) is 17.6. The zero-order chi connectivity index (χ0) is 49.4. The summed E-state index contributed by atoms with van der Waals surface area (Å²) in [5, 5.41) is 2.95. The quantitative estimate of drug-likeness (QED) is 0.140. The van der Waals surface area contributed by atoms with Gasteiger partial charge in [-0.15, -0.1) is 0 Å². The van der Waals surface area contributed by atoms with E-state index in [0.29, 0.717) is 0 Å². The van der Waals surface area contributed by atoms with Crippen molar-refractivity contribution in [3.63, 3.8) is 0 Å². The molecule has 1 aliphatic rings. The number of hydrogen-bond donors (Lipinski definition) is 0. The third-order valence-electron chi connectivity index (χ3n) is 14.9. The van der Waals surface area contributed by atoms with Crippen molar-refractivity contribution in [3.8, 4) is 22.3 Å². The first-order valence-electron chi connectivity index (χ1n) is 24.8. The Kier molecular flexibility index (Phi) is 12.4. The Bertz CT molecular complexity index is 2980. The van der Waals surface area contributed by atoms with Gasteiger partial charge in [0.15, 0.2) is 0 Å². The van der Waals surface area contributed by atoms with Crippen LogP contribution in [-0.2, 0) is 0 Å². The Morgan fingerprint density at radius 3 is 0.783 bits per heavy atom. The second-order valence-electron chi connectivity index (χ2n) is 21.2. The SMILES string of the molecule is Cc1cc(C)c(N(c2ccc(-c3ccc4c(c3)[Si](C)(C)c3cc(-c5ccc(N(c6c(C)cc(C)cc6C)c6c(C)cc(C)cc6C)c(C)c5)ccc3C=C4)cc2C)c2c(C)cc(C)cc2C)c(C)c1. The van der Waals surface area contributed by atoms with Crippen LogP contribution in [0.5, 0.6) is 0 Å². The number of nitrogens with zero attached hydrogens (tertiary/aromatic N) is 2. The van der Waals surface area contributed by atoms with E-state index in [9.17, 15) is 0 Å². The van der Waals surface area contributed by atoms with Gasteiger partial charge in [-0.3, -0.25) is 0 Å². The third-order valence-corrected chi connectivity index (χ3v) is 18.4. The largest absolute Gasteiger partial charge is 0.309 e. The highest BCUT2D eigenvalue weighted by molar-refractivity contribution is 7.01. The summed E-state index contributed by atoms with van der Waals surface area (Å²) in [6.07, 6.45) is 4.70. The summed E-state index contributed by atoms with van der Waals surface area (Å²) in [6.45, 7) is 36.5. The number of rotatable bonds is 8. The van der Waals surface area contributed by atoms with Gasteiger partial charge in [0.05, 0.1) is 22.7 Å². The second-order valence-corrected chi connectivity index (χ2v) is 25.6. The van der Waals surface area contributed by atoms with E-state index in [1.165, 1.54) is 156 Å². The molecule has 0 saturated carbocycles. The average molecular weight is 919 g/mol. The van der Waals surface area contributed by atoms with Gasteiger partial charge < -0.3 is 9.80 Å². The van der Waals surface area contributed by atoms with Crippen molar-refractivity contribution >= 4 is 64.7 Å². The maximum Gasteiger partial charge on any atom is 0.113 e. The summed E-state index contributed by atoms with van der Waals surface area (Å²) in [4.78, 5) is 5.06. The molecule has 1 aliphatic heterocycles. The summed E-state index contributed by atoms with van der Waals surface area (Å²) in [6, 6.07) is 47.2. The molecule has 3 heteroatoms. The maximum atomic E-state index is 2.54. The van der Waals surface area contributed by atoms with Gasteiger partial charge in [0.1, 0.15) is 8.07 Å². The molecule has 1 heterocycles. The molecule has 8 aromatic rings. The molecule has 0 spiro atoms. The fourth-order valence-electron chi connectivity index (χ4n) is 12.1. The Hall–Kier alpha value is -6.68. The lowest BCUT2D eigenvalue weighted by Gasteiger charge is -2.33. The molecule has 0 bridgehead atoms. The van der Waals surface area contributed by atoms with Gasteiger partial charge in [0.2, 0.25) is 0 Å². The first kappa shape index (κ1) is 47.4. The maximum absolute atomic E-state index is 2.54. The van der Waals surface area contributed by atoms with E-state index in [4.69, 9.17) is 0 Å². The van der Waals surface area contributed by atoms with Gasteiger partial charge in [-0.1, -0.05) is 145 Å². The average Bonchev–Trinajstić information content (AvgIpc) is 3.36. The number of hydrogen-bond acceptors (Lipinski definition) is 2. The number of fused-ring (bicyclic) bond motifs is 2. The van der Waals surface area contributed by atoms with Crippen molar-refractivity contribution in [2.45, 2.75) is 110 Å². The van der Waals surface area contributed by atoms with Gasteiger partial charge in [0, 0.05) is 11.4 Å². The van der Waals surface area contributed by atoms with E-state index in [1.54, 1.807) is 0 Å². The summed E-state index contributed by atoms with van der Waals surface area (Å²) >= 11 is 0. The van der Waals surface area contributed by atoms with Gasteiger partial charge in [-0.2, -0.15) is 0 Å². The fourth-order valence-corrected chi connectivity index (χ4v) is 15.2. The summed E-state index contributed by atoms with van der Waals surface area (Å²) < 4.78 is 0. The lowest BCUT2D eigenvalue weighted by atomic mass is 9.96. The molecule has 9 rings (SSSR count). The number of anilines is 6. The van der Waals surface area contributed by atoms with Crippen LogP contribution in [0.3, 0.4) is 0 Å². The molecule has 0 saturated heterocycles. The topological polar surface area (TPSA) is 6.48 Å². The molecule has 0 aromatic heterocycles. The van der Waals surface area contributed by atoms with Crippen molar-refractivity contribution in [3.05, 3.63) is 210 Å². The Morgan fingerprint density at radius 2 is 0.522 bits per heavy atom. The molecule has 0 aliphatic carbocycles. The molecule has 0 fully saturated rings. The molecule has 0 unspecified atom stereocenters. The predicted molar refractivity (Wildman–Crippen MR) is 305 cm³/mol. The monoisotopic (exact) mass is 919 g/mol. The first-order valence-corrected chi connectivity index (χ1v) is 27.8. The lowest BCUT2D eigenvalue weighted by molar-refractivity contribution is 1.15. The number of benzene rings is 8. The van der Waals surface area contributed by atoms with Crippen LogP contribution in [0.4, 0.5) is 34.1 Å². The van der Waals surface area contributed by atoms with Crippen molar-refractivity contribution in [2.75, 3.05) is 9.80 Å². The lowest BCUT2D eigenvalue weighted by Crippen LogP contribution is -2.54. The molecule has 0 N–H and O–H groups in total. The zero-order valence-electron chi connectivity index (χ0n) is 44.1. The zero-order valence-corrected chi connectivity index (χ0v) is 45.1. The molecule has 0 atom stereocenters. The smallest absolute Gasteiger partial charge is 0.113 e. The highest BCUT2D eigenvalue weighted by Crippen LogP contribution is 2.46. The molecule has 8 aromatic carbocycles. The molecule has 348 valence electrons. The van der Waals surface area contributed by atoms with Crippen LogP contribution in [0.2, 0.25) is 13.1 Å². The van der Waals surface area contributed by atoms with Crippen LogP contribution in [-0.4, -0.2) is 8.07 Å². The van der Waals surface area contributed by atoms with Crippen LogP contribution in [0.15, 0.2) is 121 Å². The molecular weight excluding hydrogens is 849 g/mol. The number of aryl methyl sites for hydroxylation is 14. The fraction of sp³-hybridized carbons (Fsp3) is 0.242. The standard InChI is InChI=1S/C66H70N2Si/c1-39-27-45(7)63(46(8)28-39)67(64-47(9)29-40(2)30-48(64)10)59-25-23-55(35-43(59)5)57-21-19-53-17-18-54-20-22-58(38-62(54)69(15,16)61(53)37-57)56-24-26-60(44(6)36-56)68(65-49(11)31-41(3)32-50(65)12)66-51(13)33-42(4)34-52(66)14/h17-38H,1-16H3. The molecular formula is C66H70N2Si. The molecule has 0 radical (unpaired) electrons. The first-order chi connectivity index (χ1) is 32.7. The van der Waals surface area contributed by atoms with Crippen LogP contribution >= 0.6 is 0 Å². The minimum absolute atomic E-state index is 1.22. The van der Waals surface area contributed by atoms with E-state index in [0.717, 1.165) is 0 Å². The molecule has 0 amide bonds. The molecule has 2 nitrogen and oxygen atoms in total. The summed E-state index contributed by atoms with van der Waals surface area (Å²) in [5.74, 6) is 0. The van der Waals surface area contributed by atoms with Crippen LogP contribution < -0.4 is 20.2 Å². The minimum Gasteiger partial charge on any atom is -0.309 e. The van der Waals surface area contributed by atoms with Crippen LogP contribution in [0.1, 0.15) is 89.0 Å². The highest BCUT2D eigenvalue weighted by Gasteiger charge is 2.33. The van der Waals surface area contributed by atoms with E-state index in [2.05, 4.69) is 253 Å².